The van der Waals surface area contributed by atoms with E-state index >= 15 is 0 Å². The number of nitrogens with one attached hydrogen (secondary N) is 2. The van der Waals surface area contributed by atoms with E-state index < -0.39 is 0 Å². The Morgan fingerprint density at radius 1 is 1.09 bits per heavy atom. The molecule has 4 heterocycles. The minimum absolute atomic E-state index is 0.0561. The Labute approximate surface area is 193 Å². The first-order chi connectivity index (χ1) is 16.1. The predicted molar refractivity (Wildman–Crippen MR) is 127 cm³/mol. The SMILES string of the molecule is CC(C)c1cnn2c(NC(C)c3ccccc3-n3cccn3)nc(OC3CCCNC3)nc12. The van der Waals surface area contributed by atoms with Crippen LogP contribution in [0.25, 0.3) is 11.3 Å². The number of piperidine rings is 1. The van der Waals surface area contributed by atoms with Crippen LogP contribution in [0, 0.1) is 0 Å². The van der Waals surface area contributed by atoms with Gasteiger partial charge in [-0.2, -0.15) is 24.7 Å². The third-order valence-corrected chi connectivity index (χ3v) is 6.02. The number of hydrogen-bond donors (Lipinski definition) is 2. The summed E-state index contributed by atoms with van der Waals surface area (Å²) in [5, 5.41) is 15.9. The number of anilines is 1. The number of para-hydroxylation sites is 1. The van der Waals surface area contributed by atoms with E-state index in [0.717, 1.165) is 48.4 Å². The lowest BCUT2D eigenvalue weighted by molar-refractivity contribution is 0.153. The normalized spacial score (nSPS) is 17.4. The van der Waals surface area contributed by atoms with Gasteiger partial charge in [0.05, 0.1) is 17.9 Å². The minimum Gasteiger partial charge on any atom is -0.459 e. The maximum absolute atomic E-state index is 6.20. The van der Waals surface area contributed by atoms with Crippen molar-refractivity contribution in [2.24, 2.45) is 0 Å². The molecule has 172 valence electrons. The molecule has 1 aromatic carbocycles. The van der Waals surface area contributed by atoms with Crippen LogP contribution in [0.15, 0.2) is 48.9 Å². The lowest BCUT2D eigenvalue weighted by Crippen LogP contribution is -2.37. The number of ether oxygens (including phenoxy) is 1. The summed E-state index contributed by atoms with van der Waals surface area (Å²) < 4.78 is 9.84. The Balaban J connectivity index is 1.51. The van der Waals surface area contributed by atoms with E-state index in [4.69, 9.17) is 14.7 Å². The average Bonchev–Trinajstić information content (AvgIpc) is 3.50. The van der Waals surface area contributed by atoms with Crippen molar-refractivity contribution in [3.8, 4) is 11.7 Å². The van der Waals surface area contributed by atoms with Crippen molar-refractivity contribution < 1.29 is 4.74 Å². The molecular formula is C24H30N8O. The van der Waals surface area contributed by atoms with E-state index in [1.165, 1.54) is 0 Å². The molecule has 2 atom stereocenters. The van der Waals surface area contributed by atoms with E-state index in [0.29, 0.717) is 12.0 Å². The van der Waals surface area contributed by atoms with Crippen molar-refractivity contribution in [1.82, 2.24) is 34.7 Å². The average molecular weight is 447 g/mol. The molecule has 2 N–H and O–H groups in total. The summed E-state index contributed by atoms with van der Waals surface area (Å²) in [6.07, 6.45) is 7.74. The highest BCUT2D eigenvalue weighted by molar-refractivity contribution is 5.54. The predicted octanol–water partition coefficient (Wildman–Crippen LogP) is 3.74. The van der Waals surface area contributed by atoms with Gasteiger partial charge in [-0.25, -0.2) is 4.68 Å². The van der Waals surface area contributed by atoms with Crippen LogP contribution in [-0.2, 0) is 0 Å². The third-order valence-electron chi connectivity index (χ3n) is 6.02. The number of fused-ring (bicyclic) bond motifs is 1. The number of rotatable bonds is 7. The van der Waals surface area contributed by atoms with Crippen molar-refractivity contribution in [2.45, 2.75) is 51.7 Å². The molecule has 0 spiro atoms. The highest BCUT2D eigenvalue weighted by atomic mass is 16.5. The smallest absolute Gasteiger partial charge is 0.322 e. The highest BCUT2D eigenvalue weighted by Gasteiger charge is 2.21. The molecule has 0 amide bonds. The van der Waals surface area contributed by atoms with Crippen LogP contribution in [0.3, 0.4) is 0 Å². The summed E-state index contributed by atoms with van der Waals surface area (Å²) in [5.41, 5.74) is 3.95. The molecule has 9 nitrogen and oxygen atoms in total. The molecule has 33 heavy (non-hydrogen) atoms. The molecule has 1 aliphatic rings. The van der Waals surface area contributed by atoms with Gasteiger partial charge < -0.3 is 15.4 Å². The molecule has 2 unspecified atom stereocenters. The molecule has 1 fully saturated rings. The second-order valence-electron chi connectivity index (χ2n) is 8.78. The van der Waals surface area contributed by atoms with Crippen molar-refractivity contribution >= 4 is 11.6 Å². The Kier molecular flexibility index (Phi) is 5.95. The van der Waals surface area contributed by atoms with Crippen LogP contribution in [-0.4, -0.2) is 48.6 Å². The van der Waals surface area contributed by atoms with Gasteiger partial charge in [0.15, 0.2) is 5.65 Å². The first-order valence-corrected chi connectivity index (χ1v) is 11.6. The van der Waals surface area contributed by atoms with Crippen molar-refractivity contribution in [2.75, 3.05) is 18.4 Å². The maximum atomic E-state index is 6.20. The van der Waals surface area contributed by atoms with Crippen LogP contribution in [0.1, 0.15) is 56.7 Å². The third kappa shape index (κ3) is 4.41. The summed E-state index contributed by atoms with van der Waals surface area (Å²) in [6, 6.07) is 10.5. The van der Waals surface area contributed by atoms with Crippen molar-refractivity contribution in [3.63, 3.8) is 0 Å². The molecule has 5 rings (SSSR count). The molecule has 4 aromatic rings. The molecule has 3 aromatic heterocycles. The standard InChI is InChI=1S/C24H30N8O/c1-16(2)20-15-27-32-22(20)29-24(33-18-8-6-11-25-14-18)30-23(32)28-17(3)19-9-4-5-10-21(19)31-13-7-12-26-31/h4-5,7,9-10,12-13,15-18,25H,6,8,11,14H2,1-3H3,(H,28,29,30). The van der Waals surface area contributed by atoms with Gasteiger partial charge in [-0.05, 0) is 49.9 Å². The Morgan fingerprint density at radius 3 is 2.73 bits per heavy atom. The minimum atomic E-state index is -0.0561. The van der Waals surface area contributed by atoms with Gasteiger partial charge >= 0.3 is 6.01 Å². The fourth-order valence-electron chi connectivity index (χ4n) is 4.24. The van der Waals surface area contributed by atoms with Crippen LogP contribution >= 0.6 is 0 Å². The second-order valence-corrected chi connectivity index (χ2v) is 8.78. The van der Waals surface area contributed by atoms with Gasteiger partial charge in [-0.1, -0.05) is 32.0 Å². The van der Waals surface area contributed by atoms with Gasteiger partial charge in [0.25, 0.3) is 0 Å². The maximum Gasteiger partial charge on any atom is 0.322 e. The largest absolute Gasteiger partial charge is 0.459 e. The summed E-state index contributed by atoms with van der Waals surface area (Å²) in [4.78, 5) is 9.47. The van der Waals surface area contributed by atoms with Crippen molar-refractivity contribution in [1.29, 1.82) is 0 Å². The van der Waals surface area contributed by atoms with Gasteiger partial charge in [0.2, 0.25) is 5.95 Å². The van der Waals surface area contributed by atoms with Crippen LogP contribution in [0.2, 0.25) is 0 Å². The van der Waals surface area contributed by atoms with Gasteiger partial charge in [-0.15, -0.1) is 0 Å². The molecule has 0 bridgehead atoms. The first kappa shape index (κ1) is 21.4. The molecule has 1 aliphatic heterocycles. The van der Waals surface area contributed by atoms with Gasteiger partial charge in [-0.3, -0.25) is 0 Å². The zero-order valence-corrected chi connectivity index (χ0v) is 19.3. The lowest BCUT2D eigenvalue weighted by Gasteiger charge is -2.23. The Morgan fingerprint density at radius 2 is 1.97 bits per heavy atom. The van der Waals surface area contributed by atoms with Gasteiger partial charge in [0.1, 0.15) is 6.10 Å². The quantitative estimate of drug-likeness (QED) is 0.447. The van der Waals surface area contributed by atoms with Crippen LogP contribution in [0.5, 0.6) is 6.01 Å². The number of hydrogen-bond acceptors (Lipinski definition) is 7. The summed E-state index contributed by atoms with van der Waals surface area (Å²) in [5.74, 6) is 0.890. The molecule has 1 saturated heterocycles. The zero-order chi connectivity index (χ0) is 22.8. The van der Waals surface area contributed by atoms with E-state index in [1.807, 2.05) is 35.3 Å². The monoisotopic (exact) mass is 446 g/mol. The Bertz CT molecular complexity index is 1210. The number of aromatic nitrogens is 6. The van der Waals surface area contributed by atoms with E-state index in [2.05, 4.69) is 53.7 Å². The molecule has 9 heteroatoms. The highest BCUT2D eigenvalue weighted by Crippen LogP contribution is 2.27. The molecule has 0 radical (unpaired) electrons. The van der Waals surface area contributed by atoms with Crippen molar-refractivity contribution in [3.05, 3.63) is 60.0 Å². The lowest BCUT2D eigenvalue weighted by atomic mass is 10.1. The number of benzene rings is 1. The zero-order valence-electron chi connectivity index (χ0n) is 19.3. The molecule has 0 aliphatic carbocycles. The fourth-order valence-corrected chi connectivity index (χ4v) is 4.24. The van der Waals surface area contributed by atoms with Crippen LogP contribution in [0.4, 0.5) is 5.95 Å². The van der Waals surface area contributed by atoms with E-state index in [9.17, 15) is 0 Å². The second kappa shape index (κ2) is 9.19. The molecular weight excluding hydrogens is 416 g/mol. The first-order valence-electron chi connectivity index (χ1n) is 11.6. The van der Waals surface area contributed by atoms with Crippen LogP contribution < -0.4 is 15.4 Å². The Hall–Kier alpha value is -3.46. The summed E-state index contributed by atoms with van der Waals surface area (Å²) in [6.45, 7) is 8.22. The summed E-state index contributed by atoms with van der Waals surface area (Å²) >= 11 is 0. The van der Waals surface area contributed by atoms with E-state index in [1.54, 1.807) is 10.7 Å². The van der Waals surface area contributed by atoms with E-state index in [-0.39, 0.29) is 18.1 Å². The molecule has 0 saturated carbocycles. The number of nitrogens with zero attached hydrogens (tertiary/aromatic N) is 6. The fraction of sp³-hybridized carbons (Fsp3) is 0.417. The van der Waals surface area contributed by atoms with Gasteiger partial charge in [0, 0.05) is 24.5 Å². The summed E-state index contributed by atoms with van der Waals surface area (Å²) in [7, 11) is 0. The topological polar surface area (TPSA) is 94.2 Å².